The molecule has 0 spiro atoms. The molecule has 6 heteroatoms. The van der Waals surface area contributed by atoms with Crippen LogP contribution in [0.3, 0.4) is 0 Å². The molecule has 4 unspecified atom stereocenters. The summed E-state index contributed by atoms with van der Waals surface area (Å²) in [6.07, 6.45) is 10.8. The summed E-state index contributed by atoms with van der Waals surface area (Å²) in [7, 11) is 0. The average Bonchev–Trinajstić information content (AvgIpc) is 3.75. The highest BCUT2D eigenvalue weighted by atomic mass is 16.3. The van der Waals surface area contributed by atoms with Crippen LogP contribution < -0.4 is 0 Å². The number of aromatic amines is 2. The van der Waals surface area contributed by atoms with Crippen molar-refractivity contribution in [3.8, 4) is 0 Å². The third-order valence-electron chi connectivity index (χ3n) is 10.9. The molecule has 0 amide bonds. The minimum absolute atomic E-state index is 0.281. The molecule has 0 fully saturated rings. The Morgan fingerprint density at radius 3 is 1.37 bits per heavy atom. The second-order valence-corrected chi connectivity index (χ2v) is 13.6. The third kappa shape index (κ3) is 4.84. The van der Waals surface area contributed by atoms with Crippen molar-refractivity contribution in [3.05, 3.63) is 81.4 Å². The standard InChI is InChI=1S/C40H48N4O2/c1-7-11-13-25-21(5)29-17-35-37-27-15-16-28(40(46)39(27)45)38(37)36(44-35)18-30-22(6)26(14-12-8-2)34(42-30)20-32-24(10-4)23(9-3)31(43-32)19-33(25)41-29/h15-20,27-28,39-40,43-46H,7-14H2,1-6H3. The lowest BCUT2D eigenvalue weighted by atomic mass is 9.69. The van der Waals surface area contributed by atoms with Gasteiger partial charge in [0.2, 0.25) is 0 Å². The lowest BCUT2D eigenvalue weighted by molar-refractivity contribution is -0.00950. The van der Waals surface area contributed by atoms with Crippen LogP contribution in [0.15, 0.2) is 36.4 Å². The van der Waals surface area contributed by atoms with Crippen LogP contribution in [0.1, 0.15) is 137 Å². The van der Waals surface area contributed by atoms with Gasteiger partial charge in [0, 0.05) is 33.9 Å². The van der Waals surface area contributed by atoms with E-state index >= 15 is 0 Å². The number of aromatic nitrogens is 4. The smallest absolute Gasteiger partial charge is 0.0912 e. The summed E-state index contributed by atoms with van der Waals surface area (Å²) < 4.78 is 0. The maximum atomic E-state index is 11.1. The molecule has 240 valence electrons. The van der Waals surface area contributed by atoms with E-state index in [2.05, 4.69) is 87.9 Å². The zero-order chi connectivity index (χ0) is 32.3. The first-order chi connectivity index (χ1) is 22.3. The van der Waals surface area contributed by atoms with Crippen LogP contribution in [0.4, 0.5) is 0 Å². The van der Waals surface area contributed by atoms with Gasteiger partial charge in [0.1, 0.15) is 0 Å². The van der Waals surface area contributed by atoms with Gasteiger partial charge in [0.25, 0.3) is 0 Å². The fourth-order valence-corrected chi connectivity index (χ4v) is 8.28. The Labute approximate surface area is 272 Å². The van der Waals surface area contributed by atoms with Gasteiger partial charge in [-0.05, 0) is 121 Å². The van der Waals surface area contributed by atoms with Crippen LogP contribution in [0, 0.1) is 0 Å². The van der Waals surface area contributed by atoms with E-state index in [9.17, 15) is 10.2 Å². The highest BCUT2D eigenvalue weighted by molar-refractivity contribution is 5.95. The lowest BCUT2D eigenvalue weighted by Crippen LogP contribution is -2.42. The topological polar surface area (TPSA) is 97.8 Å². The van der Waals surface area contributed by atoms with E-state index in [0.717, 1.165) is 107 Å². The van der Waals surface area contributed by atoms with Crippen LogP contribution in [0.2, 0.25) is 0 Å². The van der Waals surface area contributed by atoms with Crippen molar-refractivity contribution < 1.29 is 10.2 Å². The molecule has 10 bridgehead atoms. The van der Waals surface area contributed by atoms with Crippen molar-refractivity contribution in [3.63, 3.8) is 0 Å². The molecular weight excluding hydrogens is 568 g/mol. The number of nitrogens with one attached hydrogen (secondary N) is 2. The minimum Gasteiger partial charge on any atom is -0.389 e. The zero-order valence-electron chi connectivity index (χ0n) is 28.2. The van der Waals surface area contributed by atoms with E-state index in [-0.39, 0.29) is 11.8 Å². The number of aliphatic hydroxyl groups is 2. The van der Waals surface area contributed by atoms with Gasteiger partial charge in [-0.1, -0.05) is 52.7 Å². The quantitative estimate of drug-likeness (QED) is 0.190. The van der Waals surface area contributed by atoms with Gasteiger partial charge in [0.05, 0.1) is 35.0 Å². The van der Waals surface area contributed by atoms with Gasteiger partial charge in [-0.15, -0.1) is 0 Å². The van der Waals surface area contributed by atoms with Crippen molar-refractivity contribution in [2.24, 2.45) is 0 Å². The van der Waals surface area contributed by atoms with Gasteiger partial charge in [-0.25, -0.2) is 9.97 Å². The molecule has 4 atom stereocenters. The monoisotopic (exact) mass is 616 g/mol. The number of H-pyrrole nitrogens is 2. The van der Waals surface area contributed by atoms with Gasteiger partial charge in [-0.3, -0.25) is 0 Å². The molecule has 4 N–H and O–H groups in total. The molecule has 2 aliphatic heterocycles. The minimum atomic E-state index is -0.840. The Kier molecular flexibility index (Phi) is 8.14. The van der Waals surface area contributed by atoms with Crippen molar-refractivity contribution in [2.75, 3.05) is 0 Å². The molecule has 6 nitrogen and oxygen atoms in total. The first-order valence-electron chi connectivity index (χ1n) is 17.5. The molecular formula is C40H48N4O2. The van der Waals surface area contributed by atoms with E-state index in [4.69, 9.17) is 9.97 Å². The number of rotatable bonds is 8. The summed E-state index contributed by atoms with van der Waals surface area (Å²) in [5.41, 5.74) is 18.1. The van der Waals surface area contributed by atoms with Crippen LogP contribution >= 0.6 is 0 Å². The van der Waals surface area contributed by atoms with Gasteiger partial charge in [-0.2, -0.15) is 0 Å². The van der Waals surface area contributed by atoms with Crippen molar-refractivity contribution >= 4 is 44.4 Å². The summed E-state index contributed by atoms with van der Waals surface area (Å²) in [4.78, 5) is 18.2. The molecule has 0 radical (unpaired) electrons. The molecule has 5 aliphatic rings. The van der Waals surface area contributed by atoms with Crippen molar-refractivity contribution in [1.29, 1.82) is 0 Å². The van der Waals surface area contributed by atoms with Gasteiger partial charge < -0.3 is 20.2 Å². The van der Waals surface area contributed by atoms with Crippen LogP contribution in [0.25, 0.3) is 44.4 Å². The Hall–Kier alpha value is -3.74. The molecule has 5 heterocycles. The number of hydrogen-bond acceptors (Lipinski definition) is 4. The molecule has 8 rings (SSSR count). The summed E-state index contributed by atoms with van der Waals surface area (Å²) in [5, 5.41) is 22.3. The van der Waals surface area contributed by atoms with Crippen LogP contribution in [-0.4, -0.2) is 42.4 Å². The Balaban J connectivity index is 1.62. The fraction of sp³-hybridized carbons (Fsp3) is 0.450. The SMILES string of the molecule is CCCCC1=C(C)c2cc3[nH]c(cc4nc(cc5[nH]c(cc1n2)c(CC)c5CC)C(CCCC)=C4C)c1c3C2C=CC1C(O)C2O. The maximum absolute atomic E-state index is 11.1. The van der Waals surface area contributed by atoms with Crippen molar-refractivity contribution in [1.82, 2.24) is 19.9 Å². The molecule has 0 saturated carbocycles. The Morgan fingerprint density at radius 2 is 0.978 bits per heavy atom. The molecule has 46 heavy (non-hydrogen) atoms. The summed E-state index contributed by atoms with van der Waals surface area (Å²) in [6, 6.07) is 8.90. The number of nitrogens with zero attached hydrogens (tertiary/aromatic N) is 2. The third-order valence-corrected chi connectivity index (χ3v) is 10.9. The van der Waals surface area contributed by atoms with E-state index in [1.54, 1.807) is 0 Å². The van der Waals surface area contributed by atoms with E-state index < -0.39 is 12.2 Å². The van der Waals surface area contributed by atoms with Crippen molar-refractivity contribution in [2.45, 2.75) is 117 Å². The highest BCUT2D eigenvalue weighted by Gasteiger charge is 2.44. The van der Waals surface area contributed by atoms with E-state index in [1.165, 1.54) is 33.4 Å². The summed E-state index contributed by atoms with van der Waals surface area (Å²) >= 11 is 0. The predicted molar refractivity (Wildman–Crippen MR) is 190 cm³/mol. The second-order valence-electron chi connectivity index (χ2n) is 13.6. The van der Waals surface area contributed by atoms with E-state index in [1.807, 2.05) is 0 Å². The number of unbranched alkanes of at least 4 members (excludes halogenated alkanes) is 2. The largest absolute Gasteiger partial charge is 0.389 e. The first-order valence-corrected chi connectivity index (χ1v) is 17.5. The number of fused-ring (bicyclic) bond motifs is 9. The van der Waals surface area contributed by atoms with Gasteiger partial charge in [0.15, 0.2) is 0 Å². The number of aryl methyl sites for hydroxylation is 2. The Morgan fingerprint density at radius 1 is 0.587 bits per heavy atom. The first kappa shape index (κ1) is 30.9. The average molecular weight is 617 g/mol. The summed E-state index contributed by atoms with van der Waals surface area (Å²) in [5.74, 6) is -0.561. The molecule has 0 aromatic carbocycles. The normalized spacial score (nSPS) is 21.9. The Bertz CT molecular complexity index is 1830. The highest BCUT2D eigenvalue weighted by Crippen LogP contribution is 2.49. The fourth-order valence-electron chi connectivity index (χ4n) is 8.28. The maximum Gasteiger partial charge on any atom is 0.0912 e. The second kappa shape index (κ2) is 12.1. The zero-order valence-corrected chi connectivity index (χ0v) is 28.2. The van der Waals surface area contributed by atoms with Crippen LogP contribution in [-0.2, 0) is 12.8 Å². The lowest BCUT2D eigenvalue weighted by Gasteiger charge is -2.39. The molecule has 3 aromatic rings. The summed E-state index contributed by atoms with van der Waals surface area (Å²) in [6.45, 7) is 13.4. The number of aliphatic hydroxyl groups excluding tert-OH is 2. The molecule has 3 aromatic heterocycles. The van der Waals surface area contributed by atoms with Gasteiger partial charge >= 0.3 is 0 Å². The molecule has 3 aliphatic carbocycles. The van der Waals surface area contributed by atoms with Crippen LogP contribution in [0.5, 0.6) is 0 Å². The number of allylic oxidation sites excluding steroid dienone is 4. The predicted octanol–water partition coefficient (Wildman–Crippen LogP) is 9.15. The molecule has 0 saturated heterocycles. The number of hydrogen-bond donors (Lipinski definition) is 4. The van der Waals surface area contributed by atoms with E-state index in [0.29, 0.717) is 0 Å².